The van der Waals surface area contributed by atoms with E-state index in [0.29, 0.717) is 0 Å². The monoisotopic (exact) mass is 292 g/mol. The van der Waals surface area contributed by atoms with Crippen molar-refractivity contribution in [1.29, 1.82) is 0 Å². The predicted molar refractivity (Wildman–Crippen MR) is 78.6 cm³/mol. The Hall–Kier alpha value is -1.69. The van der Waals surface area contributed by atoms with Gasteiger partial charge >= 0.3 is 0 Å². The van der Waals surface area contributed by atoms with Gasteiger partial charge < -0.3 is 10.2 Å². The van der Waals surface area contributed by atoms with Crippen LogP contribution < -0.4 is 10.2 Å². The second-order valence-corrected chi connectivity index (χ2v) is 5.66. The van der Waals surface area contributed by atoms with Crippen LogP contribution in [0.4, 0.5) is 10.1 Å². The molecule has 0 bridgehead atoms. The highest BCUT2D eigenvalue weighted by Crippen LogP contribution is 2.19. The van der Waals surface area contributed by atoms with E-state index >= 15 is 0 Å². The first-order valence-corrected chi connectivity index (χ1v) is 7.62. The fraction of sp³-hybridized carbons (Fsp3) is 0.600. The van der Waals surface area contributed by atoms with Gasteiger partial charge in [0.15, 0.2) is 0 Å². The minimum absolute atomic E-state index is 0.00354. The highest BCUT2D eigenvalue weighted by Gasteiger charge is 2.29. The third-order valence-electron chi connectivity index (χ3n) is 4.34. The lowest BCUT2D eigenvalue weighted by Crippen LogP contribution is -2.54. The maximum Gasteiger partial charge on any atom is 0.237 e. The number of anilines is 1. The number of amides is 1. The van der Waals surface area contributed by atoms with Gasteiger partial charge in [-0.1, -0.05) is 0 Å². The maximum atomic E-state index is 13.2. The summed E-state index contributed by atoms with van der Waals surface area (Å²) >= 11 is 0. The van der Waals surface area contributed by atoms with Crippen LogP contribution in [-0.2, 0) is 4.79 Å². The lowest BCUT2D eigenvalue weighted by atomic mass is 10.1. The quantitative estimate of drug-likeness (QED) is 0.827. The molecule has 0 aliphatic carbocycles. The third-order valence-corrected chi connectivity index (χ3v) is 4.34. The number of halogens is 1. The average molecular weight is 292 g/mol. The van der Waals surface area contributed by atoms with Crippen molar-refractivity contribution in [2.45, 2.75) is 25.3 Å². The largest absolute Gasteiger partial charge is 0.369 e. The van der Waals surface area contributed by atoms with Crippen molar-refractivity contribution in [1.82, 2.24) is 15.2 Å². The SMILES string of the molecule is O=C1NCCCCC1N1CCN(c2ccnc(F)c2)CC1. The first-order chi connectivity index (χ1) is 10.2. The Morgan fingerprint density at radius 1 is 1.24 bits per heavy atom. The minimum Gasteiger partial charge on any atom is -0.369 e. The van der Waals surface area contributed by atoms with Crippen molar-refractivity contribution in [3.8, 4) is 0 Å². The summed E-state index contributed by atoms with van der Waals surface area (Å²) in [4.78, 5) is 20.1. The number of piperazine rings is 1. The standard InChI is InChI=1S/C15H21FN4O/c16-14-11-12(4-6-17-14)19-7-9-20(10-8-19)13-3-1-2-5-18-15(13)21/h4,6,11,13H,1-3,5,7-10H2,(H,18,21). The first-order valence-electron chi connectivity index (χ1n) is 7.62. The predicted octanol–water partition coefficient (Wildman–Crippen LogP) is 1.01. The van der Waals surface area contributed by atoms with Crippen molar-refractivity contribution in [3.05, 3.63) is 24.3 Å². The summed E-state index contributed by atoms with van der Waals surface area (Å²) in [5.41, 5.74) is 0.868. The van der Waals surface area contributed by atoms with Crippen LogP contribution >= 0.6 is 0 Å². The second-order valence-electron chi connectivity index (χ2n) is 5.66. The van der Waals surface area contributed by atoms with E-state index in [1.807, 2.05) is 6.07 Å². The van der Waals surface area contributed by atoms with Crippen LogP contribution in [-0.4, -0.2) is 54.6 Å². The van der Waals surface area contributed by atoms with E-state index in [4.69, 9.17) is 0 Å². The molecule has 2 fully saturated rings. The second kappa shape index (κ2) is 6.39. The Kier molecular flexibility index (Phi) is 4.34. The normalized spacial score (nSPS) is 24.5. The zero-order valence-corrected chi connectivity index (χ0v) is 12.1. The molecule has 1 amide bonds. The lowest BCUT2D eigenvalue weighted by molar-refractivity contribution is -0.126. The molecule has 0 spiro atoms. The number of carbonyl (C=O) groups is 1. The van der Waals surface area contributed by atoms with Crippen molar-refractivity contribution in [3.63, 3.8) is 0 Å². The molecule has 1 atom stereocenters. The third kappa shape index (κ3) is 3.32. The number of nitrogens with one attached hydrogen (secondary N) is 1. The van der Waals surface area contributed by atoms with Gasteiger partial charge in [0.05, 0.1) is 6.04 Å². The van der Waals surface area contributed by atoms with Crippen molar-refractivity contribution in [2.75, 3.05) is 37.6 Å². The van der Waals surface area contributed by atoms with Gasteiger partial charge in [0.25, 0.3) is 0 Å². The van der Waals surface area contributed by atoms with Crippen LogP contribution in [0.15, 0.2) is 18.3 Å². The van der Waals surface area contributed by atoms with Crippen LogP contribution in [0.2, 0.25) is 0 Å². The minimum atomic E-state index is -0.446. The smallest absolute Gasteiger partial charge is 0.237 e. The molecule has 0 aromatic carbocycles. The van der Waals surface area contributed by atoms with Crippen LogP contribution in [0.25, 0.3) is 0 Å². The Bertz CT molecular complexity index is 502. The summed E-state index contributed by atoms with van der Waals surface area (Å²) in [7, 11) is 0. The zero-order valence-electron chi connectivity index (χ0n) is 12.1. The van der Waals surface area contributed by atoms with E-state index in [0.717, 1.165) is 57.7 Å². The van der Waals surface area contributed by atoms with E-state index < -0.39 is 5.95 Å². The highest BCUT2D eigenvalue weighted by molar-refractivity contribution is 5.82. The molecule has 0 radical (unpaired) electrons. The van der Waals surface area contributed by atoms with Gasteiger partial charge in [-0.15, -0.1) is 0 Å². The lowest BCUT2D eigenvalue weighted by Gasteiger charge is -2.39. The van der Waals surface area contributed by atoms with Gasteiger partial charge in [0.1, 0.15) is 0 Å². The molecule has 114 valence electrons. The molecule has 6 heteroatoms. The zero-order chi connectivity index (χ0) is 14.7. The van der Waals surface area contributed by atoms with E-state index in [1.165, 1.54) is 12.3 Å². The van der Waals surface area contributed by atoms with Gasteiger partial charge in [-0.2, -0.15) is 4.39 Å². The molecular weight excluding hydrogens is 271 g/mol. The van der Waals surface area contributed by atoms with Gasteiger partial charge in [-0.3, -0.25) is 9.69 Å². The van der Waals surface area contributed by atoms with E-state index in [9.17, 15) is 9.18 Å². The van der Waals surface area contributed by atoms with Gasteiger partial charge in [-0.05, 0) is 25.3 Å². The van der Waals surface area contributed by atoms with Crippen LogP contribution in [0.3, 0.4) is 0 Å². The van der Waals surface area contributed by atoms with Gasteiger partial charge in [-0.25, -0.2) is 4.98 Å². The molecule has 2 aliphatic heterocycles. The summed E-state index contributed by atoms with van der Waals surface area (Å²) < 4.78 is 13.2. The summed E-state index contributed by atoms with van der Waals surface area (Å²) in [6.45, 7) is 4.09. The molecular formula is C15H21FN4O. The average Bonchev–Trinajstić information content (AvgIpc) is 2.72. The number of rotatable bonds is 2. The molecule has 3 rings (SSSR count). The number of hydrogen-bond acceptors (Lipinski definition) is 4. The van der Waals surface area contributed by atoms with Crippen molar-refractivity contribution < 1.29 is 9.18 Å². The number of nitrogens with zero attached hydrogens (tertiary/aromatic N) is 3. The Morgan fingerprint density at radius 3 is 2.81 bits per heavy atom. The topological polar surface area (TPSA) is 48.5 Å². The fourth-order valence-corrected chi connectivity index (χ4v) is 3.15. The van der Waals surface area contributed by atoms with E-state index in [-0.39, 0.29) is 11.9 Å². The molecule has 2 saturated heterocycles. The number of pyridine rings is 1. The Morgan fingerprint density at radius 2 is 2.05 bits per heavy atom. The van der Waals surface area contributed by atoms with Crippen molar-refractivity contribution >= 4 is 11.6 Å². The summed E-state index contributed by atoms with van der Waals surface area (Å²) in [6, 6.07) is 3.30. The Labute approximate surface area is 124 Å². The fourth-order valence-electron chi connectivity index (χ4n) is 3.15. The molecule has 3 heterocycles. The number of aromatic nitrogens is 1. The van der Waals surface area contributed by atoms with E-state index in [1.54, 1.807) is 0 Å². The number of carbonyl (C=O) groups excluding carboxylic acids is 1. The van der Waals surface area contributed by atoms with Gasteiger partial charge in [0, 0.05) is 50.7 Å². The summed E-state index contributed by atoms with van der Waals surface area (Å²) in [6.07, 6.45) is 4.60. The van der Waals surface area contributed by atoms with Crippen LogP contribution in [0, 0.1) is 5.95 Å². The molecule has 1 unspecified atom stereocenters. The summed E-state index contributed by atoms with van der Waals surface area (Å²) in [5, 5.41) is 2.99. The highest BCUT2D eigenvalue weighted by atomic mass is 19.1. The molecule has 1 N–H and O–H groups in total. The van der Waals surface area contributed by atoms with Gasteiger partial charge in [0.2, 0.25) is 11.9 Å². The molecule has 21 heavy (non-hydrogen) atoms. The number of hydrogen-bond donors (Lipinski definition) is 1. The molecule has 1 aromatic rings. The molecule has 1 aromatic heterocycles. The van der Waals surface area contributed by atoms with E-state index in [2.05, 4.69) is 20.1 Å². The molecule has 5 nitrogen and oxygen atoms in total. The molecule has 0 saturated carbocycles. The maximum absolute atomic E-state index is 13.2. The van der Waals surface area contributed by atoms with Crippen LogP contribution in [0.5, 0.6) is 0 Å². The molecule has 2 aliphatic rings. The Balaban J connectivity index is 1.60. The first kappa shape index (κ1) is 14.3. The summed E-state index contributed by atoms with van der Waals surface area (Å²) in [5.74, 6) is -0.283. The van der Waals surface area contributed by atoms with Crippen LogP contribution in [0.1, 0.15) is 19.3 Å². The van der Waals surface area contributed by atoms with Crippen molar-refractivity contribution in [2.24, 2.45) is 0 Å².